The van der Waals surface area contributed by atoms with E-state index in [9.17, 15) is 4.79 Å². The lowest BCUT2D eigenvalue weighted by atomic mass is 9.76. The van der Waals surface area contributed by atoms with E-state index in [1.807, 2.05) is 13.1 Å². The molecule has 0 spiro atoms. The van der Waals surface area contributed by atoms with Gasteiger partial charge in [-0.25, -0.2) is 0 Å². The third kappa shape index (κ3) is 1.56. The number of fused-ring (bicyclic) bond motifs is 1. The molecule has 3 nitrogen and oxygen atoms in total. The van der Waals surface area contributed by atoms with Gasteiger partial charge in [-0.05, 0) is 17.9 Å². The highest BCUT2D eigenvalue weighted by Gasteiger charge is 2.35. The first-order valence-electron chi connectivity index (χ1n) is 5.37. The molecule has 0 saturated heterocycles. The summed E-state index contributed by atoms with van der Waals surface area (Å²) in [6.07, 6.45) is 1.92. The zero-order valence-corrected chi connectivity index (χ0v) is 9.77. The van der Waals surface area contributed by atoms with Crippen molar-refractivity contribution >= 4 is 5.91 Å². The summed E-state index contributed by atoms with van der Waals surface area (Å²) in [6, 6.07) is 0. The van der Waals surface area contributed by atoms with Gasteiger partial charge in [0, 0.05) is 24.4 Å². The van der Waals surface area contributed by atoms with Gasteiger partial charge in [0.1, 0.15) is 0 Å². The first kappa shape index (κ1) is 10.3. The second kappa shape index (κ2) is 3.12. The summed E-state index contributed by atoms with van der Waals surface area (Å²) in [5, 5.41) is 2.96. The molecule has 0 aliphatic carbocycles. The Bertz CT molecular complexity index is 398. The van der Waals surface area contributed by atoms with Gasteiger partial charge in [-0.2, -0.15) is 0 Å². The SMILES string of the molecule is Cc1c[nH]c2c1C(=O)NCC2C(C)(C)C. The maximum Gasteiger partial charge on any atom is 0.253 e. The molecule has 0 fully saturated rings. The number of hydrogen-bond acceptors (Lipinski definition) is 1. The Labute approximate surface area is 90.3 Å². The first-order valence-corrected chi connectivity index (χ1v) is 5.37. The van der Waals surface area contributed by atoms with Crippen molar-refractivity contribution in [3.63, 3.8) is 0 Å². The maximum atomic E-state index is 11.7. The third-order valence-corrected chi connectivity index (χ3v) is 3.20. The predicted molar refractivity (Wildman–Crippen MR) is 60.1 cm³/mol. The highest BCUT2D eigenvalue weighted by Crippen LogP contribution is 2.38. The molecule has 15 heavy (non-hydrogen) atoms. The summed E-state index contributed by atoms with van der Waals surface area (Å²) in [4.78, 5) is 15.0. The molecule has 82 valence electrons. The van der Waals surface area contributed by atoms with Gasteiger partial charge in [-0.1, -0.05) is 20.8 Å². The van der Waals surface area contributed by atoms with Crippen molar-refractivity contribution in [1.29, 1.82) is 0 Å². The number of H-pyrrole nitrogens is 1. The molecular formula is C12H18N2O. The number of aromatic nitrogens is 1. The van der Waals surface area contributed by atoms with Crippen LogP contribution < -0.4 is 5.32 Å². The summed E-state index contributed by atoms with van der Waals surface area (Å²) in [6.45, 7) is 9.31. The number of carbonyl (C=O) groups excluding carboxylic acids is 1. The van der Waals surface area contributed by atoms with Crippen LogP contribution in [0, 0.1) is 12.3 Å². The lowest BCUT2D eigenvalue weighted by molar-refractivity contribution is 0.0926. The Balaban J connectivity index is 2.51. The van der Waals surface area contributed by atoms with E-state index in [1.54, 1.807) is 0 Å². The zero-order valence-electron chi connectivity index (χ0n) is 9.77. The summed E-state index contributed by atoms with van der Waals surface area (Å²) in [5.41, 5.74) is 3.15. The number of carbonyl (C=O) groups is 1. The molecule has 1 aliphatic rings. The van der Waals surface area contributed by atoms with Crippen LogP contribution >= 0.6 is 0 Å². The Morgan fingerprint density at radius 3 is 2.67 bits per heavy atom. The van der Waals surface area contributed by atoms with Crippen LogP contribution in [0.2, 0.25) is 0 Å². The predicted octanol–water partition coefficient (Wildman–Crippen LogP) is 2.20. The van der Waals surface area contributed by atoms with Crippen molar-refractivity contribution in [3.8, 4) is 0 Å². The molecule has 1 atom stereocenters. The lowest BCUT2D eigenvalue weighted by Gasteiger charge is -2.34. The van der Waals surface area contributed by atoms with Gasteiger partial charge in [0.25, 0.3) is 5.91 Å². The van der Waals surface area contributed by atoms with E-state index in [4.69, 9.17) is 0 Å². The average Bonchev–Trinajstić information content (AvgIpc) is 2.47. The summed E-state index contributed by atoms with van der Waals surface area (Å²) < 4.78 is 0. The Kier molecular flexibility index (Phi) is 2.14. The molecule has 2 heterocycles. The number of aromatic amines is 1. The minimum absolute atomic E-state index is 0.0595. The fraction of sp³-hybridized carbons (Fsp3) is 0.583. The Morgan fingerprint density at radius 2 is 2.07 bits per heavy atom. The van der Waals surface area contributed by atoms with Gasteiger partial charge in [0.2, 0.25) is 0 Å². The van der Waals surface area contributed by atoms with Crippen molar-refractivity contribution in [2.45, 2.75) is 33.6 Å². The largest absolute Gasteiger partial charge is 0.364 e. The highest BCUT2D eigenvalue weighted by molar-refractivity contribution is 5.98. The van der Waals surface area contributed by atoms with Gasteiger partial charge in [-0.3, -0.25) is 4.79 Å². The Hall–Kier alpha value is -1.25. The molecule has 0 aromatic carbocycles. The number of amides is 1. The van der Waals surface area contributed by atoms with Crippen LogP contribution in [0.5, 0.6) is 0 Å². The fourth-order valence-corrected chi connectivity index (χ4v) is 2.24. The molecule has 1 amide bonds. The number of hydrogen-bond donors (Lipinski definition) is 2. The summed E-state index contributed by atoms with van der Waals surface area (Å²) >= 11 is 0. The van der Waals surface area contributed by atoms with E-state index in [2.05, 4.69) is 31.1 Å². The number of aryl methyl sites for hydroxylation is 1. The third-order valence-electron chi connectivity index (χ3n) is 3.20. The van der Waals surface area contributed by atoms with Gasteiger partial charge in [-0.15, -0.1) is 0 Å². The van der Waals surface area contributed by atoms with Crippen LogP contribution in [-0.2, 0) is 0 Å². The number of nitrogens with one attached hydrogen (secondary N) is 2. The van der Waals surface area contributed by atoms with Crippen molar-refractivity contribution < 1.29 is 4.79 Å². The molecule has 1 aromatic heterocycles. The van der Waals surface area contributed by atoms with Crippen molar-refractivity contribution in [3.05, 3.63) is 23.0 Å². The van der Waals surface area contributed by atoms with Crippen molar-refractivity contribution in [1.82, 2.24) is 10.3 Å². The van der Waals surface area contributed by atoms with Crippen LogP contribution in [0.15, 0.2) is 6.20 Å². The van der Waals surface area contributed by atoms with Gasteiger partial charge >= 0.3 is 0 Å². The molecule has 1 aromatic rings. The number of rotatable bonds is 0. The second-order valence-electron chi connectivity index (χ2n) is 5.39. The molecule has 2 N–H and O–H groups in total. The molecule has 0 radical (unpaired) electrons. The standard InChI is InChI=1S/C12H18N2O/c1-7-5-13-10-8(12(2,3)4)6-14-11(15)9(7)10/h5,8,13H,6H2,1-4H3,(H,14,15). The van der Waals surface area contributed by atoms with Crippen LogP contribution in [0.1, 0.15) is 48.3 Å². The van der Waals surface area contributed by atoms with Crippen LogP contribution in [0.3, 0.4) is 0 Å². The second-order valence-corrected chi connectivity index (χ2v) is 5.39. The van der Waals surface area contributed by atoms with Crippen LogP contribution in [0.25, 0.3) is 0 Å². The van der Waals surface area contributed by atoms with Crippen molar-refractivity contribution in [2.24, 2.45) is 5.41 Å². The molecular weight excluding hydrogens is 188 g/mol. The fourth-order valence-electron chi connectivity index (χ4n) is 2.24. The smallest absolute Gasteiger partial charge is 0.253 e. The minimum atomic E-state index is 0.0595. The normalized spacial score (nSPS) is 21.1. The van der Waals surface area contributed by atoms with E-state index >= 15 is 0 Å². The van der Waals surface area contributed by atoms with Gasteiger partial charge in [0.05, 0.1) is 5.56 Å². The highest BCUT2D eigenvalue weighted by atomic mass is 16.1. The van der Waals surface area contributed by atoms with E-state index < -0.39 is 0 Å². The summed E-state index contributed by atoms with van der Waals surface area (Å²) in [5.74, 6) is 0.433. The van der Waals surface area contributed by atoms with E-state index in [-0.39, 0.29) is 11.3 Å². The Morgan fingerprint density at radius 1 is 1.40 bits per heavy atom. The lowest BCUT2D eigenvalue weighted by Crippen LogP contribution is -2.39. The molecule has 2 rings (SSSR count). The van der Waals surface area contributed by atoms with Crippen molar-refractivity contribution in [2.75, 3.05) is 6.54 Å². The van der Waals surface area contributed by atoms with Crippen LogP contribution in [-0.4, -0.2) is 17.4 Å². The van der Waals surface area contributed by atoms with E-state index in [0.29, 0.717) is 5.92 Å². The maximum absolute atomic E-state index is 11.7. The average molecular weight is 206 g/mol. The molecule has 0 saturated carbocycles. The molecule has 0 bridgehead atoms. The minimum Gasteiger partial charge on any atom is -0.364 e. The monoisotopic (exact) mass is 206 g/mol. The van der Waals surface area contributed by atoms with Gasteiger partial charge < -0.3 is 10.3 Å². The quantitative estimate of drug-likeness (QED) is 0.671. The first-order chi connectivity index (χ1) is 6.91. The van der Waals surface area contributed by atoms with Gasteiger partial charge in [0.15, 0.2) is 0 Å². The van der Waals surface area contributed by atoms with E-state index in [1.165, 1.54) is 0 Å². The summed E-state index contributed by atoms with van der Waals surface area (Å²) in [7, 11) is 0. The molecule has 1 unspecified atom stereocenters. The van der Waals surface area contributed by atoms with Crippen LogP contribution in [0.4, 0.5) is 0 Å². The topological polar surface area (TPSA) is 44.9 Å². The zero-order chi connectivity index (χ0) is 11.2. The van der Waals surface area contributed by atoms with E-state index in [0.717, 1.165) is 23.4 Å². The molecule has 1 aliphatic heterocycles. The molecule has 3 heteroatoms.